The van der Waals surface area contributed by atoms with Crippen molar-refractivity contribution in [3.8, 4) is 11.8 Å². The van der Waals surface area contributed by atoms with Crippen molar-refractivity contribution in [3.63, 3.8) is 0 Å². The third-order valence-electron chi connectivity index (χ3n) is 4.37. The quantitative estimate of drug-likeness (QED) is 0.776. The summed E-state index contributed by atoms with van der Waals surface area (Å²) >= 11 is 0. The van der Waals surface area contributed by atoms with Crippen LogP contribution in [-0.4, -0.2) is 57.0 Å². The fourth-order valence-electron chi connectivity index (χ4n) is 2.85. The Balaban J connectivity index is 1.46. The molecular weight excluding hydrogens is 350 g/mol. The molecule has 0 radical (unpaired) electrons. The minimum atomic E-state index is -3.41. The molecule has 0 unspecified atom stereocenters. The van der Waals surface area contributed by atoms with Gasteiger partial charge >= 0.3 is 0 Å². The molecule has 0 saturated carbocycles. The predicted molar refractivity (Wildman–Crippen MR) is 98.3 cm³/mol. The first kappa shape index (κ1) is 18.4. The van der Waals surface area contributed by atoms with Gasteiger partial charge in [-0.2, -0.15) is 9.57 Å². The Morgan fingerprint density at radius 2 is 1.62 bits per heavy atom. The van der Waals surface area contributed by atoms with Gasteiger partial charge in [-0.25, -0.2) is 8.42 Å². The van der Waals surface area contributed by atoms with E-state index in [1.54, 1.807) is 52.8 Å². The fraction of sp³-hybridized carbons (Fsp3) is 0.316. The molecule has 3 rings (SSSR count). The van der Waals surface area contributed by atoms with E-state index in [0.717, 1.165) is 12.3 Å². The van der Waals surface area contributed by atoms with Crippen molar-refractivity contribution in [1.82, 2.24) is 9.21 Å². The van der Waals surface area contributed by atoms with Gasteiger partial charge in [-0.3, -0.25) is 4.90 Å². The average molecular weight is 371 g/mol. The van der Waals surface area contributed by atoms with Crippen molar-refractivity contribution >= 4 is 10.0 Å². The first-order chi connectivity index (χ1) is 12.6. The summed E-state index contributed by atoms with van der Waals surface area (Å²) in [7, 11) is -3.41. The van der Waals surface area contributed by atoms with E-state index < -0.39 is 10.0 Å². The molecular formula is C19H21N3O3S. The van der Waals surface area contributed by atoms with Gasteiger partial charge < -0.3 is 4.74 Å². The molecule has 136 valence electrons. The van der Waals surface area contributed by atoms with Gasteiger partial charge in [-0.05, 0) is 36.4 Å². The van der Waals surface area contributed by atoms with Gasteiger partial charge in [0.2, 0.25) is 10.0 Å². The van der Waals surface area contributed by atoms with E-state index in [2.05, 4.69) is 11.0 Å². The number of nitriles is 1. The van der Waals surface area contributed by atoms with Gasteiger partial charge in [0.25, 0.3) is 0 Å². The molecule has 1 aliphatic rings. The molecule has 2 aromatic rings. The van der Waals surface area contributed by atoms with Crippen LogP contribution < -0.4 is 4.74 Å². The third-order valence-corrected chi connectivity index (χ3v) is 6.28. The topological polar surface area (TPSA) is 73.6 Å². The van der Waals surface area contributed by atoms with Crippen LogP contribution in [0, 0.1) is 11.3 Å². The average Bonchev–Trinajstić information content (AvgIpc) is 2.69. The van der Waals surface area contributed by atoms with Crippen molar-refractivity contribution < 1.29 is 13.2 Å². The maximum atomic E-state index is 12.6. The molecule has 0 aliphatic carbocycles. The molecule has 6 nitrogen and oxygen atoms in total. The predicted octanol–water partition coefficient (Wildman–Crippen LogP) is 1.94. The highest BCUT2D eigenvalue weighted by Crippen LogP contribution is 2.17. The Labute approximate surface area is 154 Å². The Morgan fingerprint density at radius 3 is 2.23 bits per heavy atom. The van der Waals surface area contributed by atoms with Gasteiger partial charge in [-0.1, -0.05) is 18.2 Å². The lowest BCUT2D eigenvalue weighted by Crippen LogP contribution is -2.49. The van der Waals surface area contributed by atoms with Crippen LogP contribution in [0.5, 0.6) is 5.75 Å². The van der Waals surface area contributed by atoms with Crippen molar-refractivity contribution in [2.75, 3.05) is 39.3 Å². The van der Waals surface area contributed by atoms with Crippen LogP contribution in [0.4, 0.5) is 0 Å². The normalized spacial score (nSPS) is 16.1. The minimum Gasteiger partial charge on any atom is -0.492 e. The van der Waals surface area contributed by atoms with Crippen molar-refractivity contribution in [2.45, 2.75) is 4.90 Å². The molecule has 1 heterocycles. The number of piperazine rings is 1. The number of benzene rings is 2. The highest BCUT2D eigenvalue weighted by atomic mass is 32.2. The molecule has 0 aromatic heterocycles. The summed E-state index contributed by atoms with van der Waals surface area (Å²) in [5.74, 6) is 0.731. The SMILES string of the molecule is N#Cc1ccc(OCCN2CCN(S(=O)(=O)c3ccccc3)CC2)cc1. The van der Waals surface area contributed by atoms with Crippen molar-refractivity contribution in [3.05, 3.63) is 60.2 Å². The molecule has 0 atom stereocenters. The number of rotatable bonds is 6. The second kappa shape index (κ2) is 8.32. The van der Waals surface area contributed by atoms with Crippen LogP contribution in [0.15, 0.2) is 59.5 Å². The molecule has 0 bridgehead atoms. The van der Waals surface area contributed by atoms with Gasteiger partial charge in [0.15, 0.2) is 0 Å². The zero-order chi connectivity index (χ0) is 18.4. The lowest BCUT2D eigenvalue weighted by molar-refractivity contribution is 0.159. The van der Waals surface area contributed by atoms with E-state index in [1.165, 1.54) is 0 Å². The fourth-order valence-corrected chi connectivity index (χ4v) is 4.30. The smallest absolute Gasteiger partial charge is 0.243 e. The maximum absolute atomic E-state index is 12.6. The molecule has 0 spiro atoms. The monoisotopic (exact) mass is 371 g/mol. The van der Waals surface area contributed by atoms with Crippen LogP contribution in [0.2, 0.25) is 0 Å². The van der Waals surface area contributed by atoms with E-state index in [-0.39, 0.29) is 0 Å². The summed E-state index contributed by atoms with van der Waals surface area (Å²) in [5.41, 5.74) is 0.605. The molecule has 1 aliphatic heterocycles. The second-order valence-corrected chi connectivity index (χ2v) is 7.98. The van der Waals surface area contributed by atoms with E-state index in [0.29, 0.717) is 43.2 Å². The summed E-state index contributed by atoms with van der Waals surface area (Å²) < 4.78 is 32.4. The Kier molecular flexibility index (Phi) is 5.89. The number of ether oxygens (including phenoxy) is 1. The van der Waals surface area contributed by atoms with E-state index in [1.807, 2.05) is 6.07 Å². The zero-order valence-electron chi connectivity index (χ0n) is 14.4. The number of sulfonamides is 1. The summed E-state index contributed by atoms with van der Waals surface area (Å²) in [6.07, 6.45) is 0. The number of hydrogen-bond donors (Lipinski definition) is 0. The first-order valence-corrected chi connectivity index (χ1v) is 9.94. The summed E-state index contributed by atoms with van der Waals surface area (Å²) in [6.45, 7) is 3.59. The lowest BCUT2D eigenvalue weighted by atomic mass is 10.2. The molecule has 2 aromatic carbocycles. The maximum Gasteiger partial charge on any atom is 0.243 e. The third kappa shape index (κ3) is 4.41. The molecule has 0 N–H and O–H groups in total. The summed E-state index contributed by atoms with van der Waals surface area (Å²) in [4.78, 5) is 2.54. The van der Waals surface area contributed by atoms with E-state index >= 15 is 0 Å². The van der Waals surface area contributed by atoms with Gasteiger partial charge in [0.05, 0.1) is 16.5 Å². The lowest BCUT2D eigenvalue weighted by Gasteiger charge is -2.33. The standard InChI is InChI=1S/C19H21N3O3S/c20-16-17-6-8-18(9-7-17)25-15-14-21-10-12-22(13-11-21)26(23,24)19-4-2-1-3-5-19/h1-9H,10-15H2. The van der Waals surface area contributed by atoms with Crippen LogP contribution in [-0.2, 0) is 10.0 Å². The van der Waals surface area contributed by atoms with Crippen LogP contribution in [0.25, 0.3) is 0 Å². The summed E-state index contributed by atoms with van der Waals surface area (Å²) in [5, 5.41) is 8.78. The van der Waals surface area contributed by atoms with E-state index in [4.69, 9.17) is 10.00 Å². The molecule has 1 saturated heterocycles. The van der Waals surface area contributed by atoms with Crippen LogP contribution in [0.1, 0.15) is 5.56 Å². The highest BCUT2D eigenvalue weighted by Gasteiger charge is 2.28. The van der Waals surface area contributed by atoms with Crippen LogP contribution >= 0.6 is 0 Å². The minimum absolute atomic E-state index is 0.345. The van der Waals surface area contributed by atoms with Gasteiger partial charge in [-0.15, -0.1) is 0 Å². The zero-order valence-corrected chi connectivity index (χ0v) is 15.2. The van der Waals surface area contributed by atoms with Crippen molar-refractivity contribution in [1.29, 1.82) is 5.26 Å². The van der Waals surface area contributed by atoms with Crippen molar-refractivity contribution in [2.24, 2.45) is 0 Å². The molecule has 1 fully saturated rings. The largest absolute Gasteiger partial charge is 0.492 e. The first-order valence-electron chi connectivity index (χ1n) is 8.50. The Morgan fingerprint density at radius 1 is 0.962 bits per heavy atom. The molecule has 26 heavy (non-hydrogen) atoms. The summed E-state index contributed by atoms with van der Waals surface area (Å²) in [6, 6.07) is 17.6. The molecule has 0 amide bonds. The number of nitrogens with zero attached hydrogens (tertiary/aromatic N) is 3. The number of hydrogen-bond acceptors (Lipinski definition) is 5. The van der Waals surface area contributed by atoms with Gasteiger partial charge in [0.1, 0.15) is 12.4 Å². The highest BCUT2D eigenvalue weighted by molar-refractivity contribution is 7.89. The van der Waals surface area contributed by atoms with Gasteiger partial charge in [0, 0.05) is 32.7 Å². The molecule has 7 heteroatoms. The Hall–Kier alpha value is -2.40. The second-order valence-electron chi connectivity index (χ2n) is 6.04. The van der Waals surface area contributed by atoms with Crippen LogP contribution in [0.3, 0.4) is 0 Å². The Bertz CT molecular complexity index is 853. The van der Waals surface area contributed by atoms with E-state index in [9.17, 15) is 8.42 Å².